The lowest BCUT2D eigenvalue weighted by Crippen LogP contribution is -2.56. The molecule has 0 amide bonds. The first-order chi connectivity index (χ1) is 9.67. The van der Waals surface area contributed by atoms with Crippen LogP contribution < -0.4 is 5.32 Å². The van der Waals surface area contributed by atoms with Crippen molar-refractivity contribution in [3.63, 3.8) is 0 Å². The topological polar surface area (TPSA) is 42.3 Å². The fourth-order valence-electron chi connectivity index (χ4n) is 3.53. The Morgan fingerprint density at radius 2 is 1.85 bits per heavy atom. The fourth-order valence-corrected chi connectivity index (χ4v) is 3.53. The van der Waals surface area contributed by atoms with E-state index < -0.39 is 5.54 Å². The van der Waals surface area contributed by atoms with E-state index in [2.05, 4.69) is 28.1 Å². The molecule has 1 atom stereocenters. The number of nitriles is 1. The summed E-state index contributed by atoms with van der Waals surface area (Å²) >= 11 is 0. The van der Waals surface area contributed by atoms with Gasteiger partial charge in [0.2, 0.25) is 0 Å². The van der Waals surface area contributed by atoms with Crippen molar-refractivity contribution in [2.24, 2.45) is 0 Å². The monoisotopic (exact) mass is 278 g/mol. The summed E-state index contributed by atoms with van der Waals surface area (Å²) in [5.74, 6) is 0. The highest BCUT2D eigenvalue weighted by molar-refractivity contribution is 5.06. The lowest BCUT2D eigenvalue weighted by Gasteiger charge is -2.40. The van der Waals surface area contributed by atoms with Crippen molar-refractivity contribution in [3.05, 3.63) is 0 Å². The number of nitrogens with one attached hydrogen (secondary N) is 1. The normalized spacial score (nSPS) is 25.4. The van der Waals surface area contributed by atoms with Gasteiger partial charge >= 0.3 is 0 Å². The van der Waals surface area contributed by atoms with Gasteiger partial charge in [-0.25, -0.2) is 0 Å². The second-order valence-electron chi connectivity index (χ2n) is 6.62. The summed E-state index contributed by atoms with van der Waals surface area (Å²) in [6, 6.07) is 3.31. The number of hydrogen-bond acceptors (Lipinski definition) is 4. The summed E-state index contributed by atoms with van der Waals surface area (Å²) in [7, 11) is 0. The fraction of sp³-hybridized carbons (Fsp3) is 0.938. The Morgan fingerprint density at radius 3 is 2.40 bits per heavy atom. The van der Waals surface area contributed by atoms with Crippen LogP contribution in [-0.2, 0) is 0 Å². The van der Waals surface area contributed by atoms with Crippen molar-refractivity contribution in [2.75, 3.05) is 39.3 Å². The first-order valence-corrected chi connectivity index (χ1v) is 8.29. The molecule has 0 bridgehead atoms. The maximum Gasteiger partial charge on any atom is 0.116 e. The Hall–Kier alpha value is -0.630. The van der Waals surface area contributed by atoms with Crippen LogP contribution in [0.4, 0.5) is 0 Å². The Bertz CT molecular complexity index is 324. The molecule has 1 N–H and O–H groups in total. The molecule has 1 saturated heterocycles. The Kier molecular flexibility index (Phi) is 5.83. The maximum atomic E-state index is 9.42. The van der Waals surface area contributed by atoms with Gasteiger partial charge in [-0.15, -0.1) is 0 Å². The molecule has 2 aliphatic rings. The highest BCUT2D eigenvalue weighted by Crippen LogP contribution is 2.24. The molecule has 4 nitrogen and oxygen atoms in total. The quantitative estimate of drug-likeness (QED) is 0.805. The molecule has 1 saturated carbocycles. The Labute approximate surface area is 124 Å². The predicted octanol–water partition coefficient (Wildman–Crippen LogP) is 1.83. The van der Waals surface area contributed by atoms with Crippen molar-refractivity contribution in [3.8, 4) is 6.07 Å². The summed E-state index contributed by atoms with van der Waals surface area (Å²) in [5, 5.41) is 12.8. The van der Waals surface area contributed by atoms with E-state index in [-0.39, 0.29) is 0 Å². The zero-order valence-corrected chi connectivity index (χ0v) is 13.2. The third-order valence-corrected chi connectivity index (χ3v) is 4.80. The van der Waals surface area contributed by atoms with E-state index in [9.17, 15) is 5.26 Å². The third-order valence-electron chi connectivity index (χ3n) is 4.80. The molecule has 0 aromatic heterocycles. The summed E-state index contributed by atoms with van der Waals surface area (Å²) in [6.45, 7) is 10.5. The van der Waals surface area contributed by atoms with Crippen LogP contribution in [0.2, 0.25) is 0 Å². The first kappa shape index (κ1) is 15.8. The molecule has 2 rings (SSSR count). The minimum atomic E-state index is -0.397. The Morgan fingerprint density at radius 1 is 1.20 bits per heavy atom. The predicted molar refractivity (Wildman–Crippen MR) is 82.6 cm³/mol. The number of nitrogens with zero attached hydrogens (tertiary/aromatic N) is 3. The largest absolute Gasteiger partial charge is 0.299 e. The first-order valence-electron chi connectivity index (χ1n) is 8.29. The molecule has 1 unspecified atom stereocenters. The molecule has 0 radical (unpaired) electrons. The van der Waals surface area contributed by atoms with Crippen LogP contribution in [0.5, 0.6) is 0 Å². The van der Waals surface area contributed by atoms with Crippen molar-refractivity contribution in [1.82, 2.24) is 15.1 Å². The molecule has 1 heterocycles. The van der Waals surface area contributed by atoms with Gasteiger partial charge in [0.15, 0.2) is 0 Å². The van der Waals surface area contributed by atoms with E-state index in [0.717, 1.165) is 38.6 Å². The molecule has 1 aliphatic heterocycles. The van der Waals surface area contributed by atoms with E-state index in [1.807, 2.05) is 6.92 Å². The standard InChI is InChI=1S/C16H30N4/c1-3-8-18-16(2,13-17)14-19-9-11-20(12-10-19)15-6-4-5-7-15/h15,18H,3-12,14H2,1-2H3. The van der Waals surface area contributed by atoms with E-state index in [1.165, 1.54) is 38.8 Å². The minimum absolute atomic E-state index is 0.397. The molecule has 20 heavy (non-hydrogen) atoms. The molecule has 114 valence electrons. The SMILES string of the molecule is CCCNC(C)(C#N)CN1CCN(C2CCCC2)CC1. The number of rotatable bonds is 6. The molecular formula is C16H30N4. The molecule has 1 aliphatic carbocycles. The third kappa shape index (κ3) is 4.18. The van der Waals surface area contributed by atoms with E-state index >= 15 is 0 Å². The average molecular weight is 278 g/mol. The number of hydrogen-bond donors (Lipinski definition) is 1. The van der Waals surface area contributed by atoms with Gasteiger partial charge in [-0.1, -0.05) is 19.8 Å². The highest BCUT2D eigenvalue weighted by atomic mass is 15.3. The molecular weight excluding hydrogens is 248 g/mol. The maximum absolute atomic E-state index is 9.42. The van der Waals surface area contributed by atoms with E-state index in [0.29, 0.717) is 0 Å². The van der Waals surface area contributed by atoms with Crippen LogP contribution in [0.3, 0.4) is 0 Å². The lowest BCUT2D eigenvalue weighted by atomic mass is 10.0. The van der Waals surface area contributed by atoms with Crippen LogP contribution in [0.1, 0.15) is 46.0 Å². The zero-order valence-electron chi connectivity index (χ0n) is 13.2. The summed E-state index contributed by atoms with van der Waals surface area (Å²) in [4.78, 5) is 5.13. The van der Waals surface area contributed by atoms with Crippen LogP contribution in [0, 0.1) is 11.3 Å². The molecule has 4 heteroatoms. The van der Waals surface area contributed by atoms with Gasteiger partial charge in [-0.05, 0) is 32.7 Å². The van der Waals surface area contributed by atoms with Crippen LogP contribution >= 0.6 is 0 Å². The molecule has 0 aromatic carbocycles. The van der Waals surface area contributed by atoms with Gasteiger partial charge in [0.1, 0.15) is 5.54 Å². The summed E-state index contributed by atoms with van der Waals surface area (Å²) < 4.78 is 0. The second-order valence-corrected chi connectivity index (χ2v) is 6.62. The summed E-state index contributed by atoms with van der Waals surface area (Å²) in [5.41, 5.74) is -0.397. The van der Waals surface area contributed by atoms with Crippen molar-refractivity contribution >= 4 is 0 Å². The van der Waals surface area contributed by atoms with Crippen LogP contribution in [0.25, 0.3) is 0 Å². The molecule has 0 spiro atoms. The molecule has 2 fully saturated rings. The van der Waals surface area contributed by atoms with E-state index in [4.69, 9.17) is 0 Å². The zero-order chi connectivity index (χ0) is 14.4. The second kappa shape index (κ2) is 7.40. The lowest BCUT2D eigenvalue weighted by molar-refractivity contribution is 0.0862. The smallest absolute Gasteiger partial charge is 0.116 e. The summed E-state index contributed by atoms with van der Waals surface area (Å²) in [6.07, 6.45) is 6.70. The van der Waals surface area contributed by atoms with Gasteiger partial charge < -0.3 is 0 Å². The van der Waals surface area contributed by atoms with E-state index in [1.54, 1.807) is 0 Å². The van der Waals surface area contributed by atoms with Gasteiger partial charge in [-0.2, -0.15) is 5.26 Å². The average Bonchev–Trinajstić information content (AvgIpc) is 3.00. The van der Waals surface area contributed by atoms with Gasteiger partial charge in [-0.3, -0.25) is 15.1 Å². The van der Waals surface area contributed by atoms with Crippen molar-refractivity contribution in [1.29, 1.82) is 5.26 Å². The highest BCUT2D eigenvalue weighted by Gasteiger charge is 2.30. The van der Waals surface area contributed by atoms with Crippen molar-refractivity contribution < 1.29 is 0 Å². The molecule has 0 aromatic rings. The van der Waals surface area contributed by atoms with Gasteiger partial charge in [0.05, 0.1) is 6.07 Å². The number of piperazine rings is 1. The Balaban J connectivity index is 1.76. The van der Waals surface area contributed by atoms with Gasteiger partial charge in [0.25, 0.3) is 0 Å². The van der Waals surface area contributed by atoms with Crippen LogP contribution in [0.15, 0.2) is 0 Å². The van der Waals surface area contributed by atoms with Gasteiger partial charge in [0, 0.05) is 38.8 Å². The van der Waals surface area contributed by atoms with Crippen LogP contribution in [-0.4, -0.2) is 60.6 Å². The minimum Gasteiger partial charge on any atom is -0.299 e. The van der Waals surface area contributed by atoms with Crippen molar-refractivity contribution in [2.45, 2.75) is 57.5 Å².